The van der Waals surface area contributed by atoms with Crippen LogP contribution in [0.2, 0.25) is 0 Å². The number of halogens is 1. The molecule has 3 nitrogen and oxygen atoms in total. The molecule has 2 unspecified atom stereocenters. The van der Waals surface area contributed by atoms with Gasteiger partial charge in [-0.05, 0) is 25.8 Å². The van der Waals surface area contributed by atoms with Gasteiger partial charge in [0.1, 0.15) is 5.82 Å². The fourth-order valence-corrected chi connectivity index (χ4v) is 2.80. The van der Waals surface area contributed by atoms with Gasteiger partial charge in [0.25, 0.3) is 0 Å². The Hall–Kier alpha value is -0.970. The maximum absolute atomic E-state index is 13.7. The van der Waals surface area contributed by atoms with Crippen molar-refractivity contribution in [3.63, 3.8) is 0 Å². The van der Waals surface area contributed by atoms with E-state index < -0.39 is 6.10 Å². The Morgan fingerprint density at radius 2 is 2.10 bits per heavy atom. The molecule has 1 aromatic rings. The van der Waals surface area contributed by atoms with Crippen LogP contribution in [0, 0.1) is 11.7 Å². The quantitative estimate of drug-likeness (QED) is 0.921. The topological polar surface area (TPSA) is 32.7 Å². The summed E-state index contributed by atoms with van der Waals surface area (Å²) in [6, 6.07) is 6.44. The molecule has 4 heteroatoms. The van der Waals surface area contributed by atoms with Crippen LogP contribution in [-0.2, 0) is 4.74 Å². The molecule has 0 aromatic heterocycles. The Morgan fingerprint density at radius 1 is 1.40 bits per heavy atom. The number of benzene rings is 1. The van der Waals surface area contributed by atoms with Crippen molar-refractivity contribution < 1.29 is 14.2 Å². The molecule has 2 rings (SSSR count). The Kier molecular flexibility index (Phi) is 4.78. The van der Waals surface area contributed by atoms with E-state index in [4.69, 9.17) is 4.74 Å². The zero-order chi connectivity index (χ0) is 14.8. The van der Waals surface area contributed by atoms with Gasteiger partial charge in [-0.2, -0.15) is 0 Å². The highest BCUT2D eigenvalue weighted by atomic mass is 19.1. The monoisotopic (exact) mass is 281 g/mol. The summed E-state index contributed by atoms with van der Waals surface area (Å²) in [6.45, 7) is 9.23. The number of nitrogens with zero attached hydrogens (tertiary/aromatic N) is 1. The van der Waals surface area contributed by atoms with Crippen molar-refractivity contribution in [3.05, 3.63) is 35.6 Å². The SMILES string of the molecule is CC(CN1CCOC(C)(C)C1)C(O)c1ccccc1F. The molecule has 112 valence electrons. The van der Waals surface area contributed by atoms with Crippen LogP contribution in [0.15, 0.2) is 24.3 Å². The van der Waals surface area contributed by atoms with Gasteiger partial charge in [-0.3, -0.25) is 4.90 Å². The first kappa shape index (κ1) is 15.4. The van der Waals surface area contributed by atoms with E-state index in [-0.39, 0.29) is 17.3 Å². The van der Waals surface area contributed by atoms with Gasteiger partial charge in [-0.25, -0.2) is 4.39 Å². The average Bonchev–Trinajstić information content (AvgIpc) is 2.37. The molecule has 1 aliphatic rings. The first-order valence-corrected chi connectivity index (χ1v) is 7.18. The summed E-state index contributed by atoms with van der Waals surface area (Å²) in [6.07, 6.45) is -0.776. The first-order valence-electron chi connectivity index (χ1n) is 7.18. The van der Waals surface area contributed by atoms with E-state index in [9.17, 15) is 9.50 Å². The van der Waals surface area contributed by atoms with Crippen molar-refractivity contribution in [2.45, 2.75) is 32.5 Å². The van der Waals surface area contributed by atoms with E-state index in [1.807, 2.05) is 6.92 Å². The van der Waals surface area contributed by atoms with E-state index in [1.165, 1.54) is 6.07 Å². The number of rotatable bonds is 4. The van der Waals surface area contributed by atoms with Crippen molar-refractivity contribution >= 4 is 0 Å². The molecule has 0 bridgehead atoms. The highest BCUT2D eigenvalue weighted by molar-refractivity contribution is 5.20. The highest BCUT2D eigenvalue weighted by Gasteiger charge is 2.29. The van der Waals surface area contributed by atoms with Crippen LogP contribution in [0.4, 0.5) is 4.39 Å². The molecule has 0 amide bonds. The van der Waals surface area contributed by atoms with Crippen LogP contribution in [0.3, 0.4) is 0 Å². The second-order valence-electron chi connectivity index (χ2n) is 6.29. The molecule has 0 spiro atoms. The van der Waals surface area contributed by atoms with Gasteiger partial charge in [0.05, 0.1) is 18.3 Å². The Bertz CT molecular complexity index is 450. The third-order valence-electron chi connectivity index (χ3n) is 3.81. The van der Waals surface area contributed by atoms with Crippen LogP contribution in [-0.4, -0.2) is 41.8 Å². The molecule has 1 aromatic carbocycles. The summed E-state index contributed by atoms with van der Waals surface area (Å²) in [5.41, 5.74) is 0.230. The van der Waals surface area contributed by atoms with Crippen LogP contribution >= 0.6 is 0 Å². The number of morpholine rings is 1. The van der Waals surface area contributed by atoms with Crippen molar-refractivity contribution in [1.82, 2.24) is 4.90 Å². The lowest BCUT2D eigenvalue weighted by molar-refractivity contribution is -0.0922. The fourth-order valence-electron chi connectivity index (χ4n) is 2.80. The largest absolute Gasteiger partial charge is 0.388 e. The molecule has 1 saturated heterocycles. The van der Waals surface area contributed by atoms with E-state index >= 15 is 0 Å². The molecule has 0 aliphatic carbocycles. The van der Waals surface area contributed by atoms with E-state index in [1.54, 1.807) is 18.2 Å². The molecule has 1 fully saturated rings. The Balaban J connectivity index is 1.98. The number of aliphatic hydroxyl groups excluding tert-OH is 1. The fraction of sp³-hybridized carbons (Fsp3) is 0.625. The third-order valence-corrected chi connectivity index (χ3v) is 3.81. The third kappa shape index (κ3) is 3.78. The van der Waals surface area contributed by atoms with Gasteiger partial charge < -0.3 is 9.84 Å². The van der Waals surface area contributed by atoms with Crippen LogP contribution in [0.1, 0.15) is 32.4 Å². The maximum atomic E-state index is 13.7. The zero-order valence-electron chi connectivity index (χ0n) is 12.5. The molecule has 2 atom stereocenters. The van der Waals surface area contributed by atoms with Gasteiger partial charge >= 0.3 is 0 Å². The van der Waals surface area contributed by atoms with Crippen molar-refractivity contribution in [3.8, 4) is 0 Å². The molecule has 1 aliphatic heterocycles. The normalized spacial score (nSPS) is 22.4. The highest BCUT2D eigenvalue weighted by Crippen LogP contribution is 2.26. The van der Waals surface area contributed by atoms with Crippen LogP contribution < -0.4 is 0 Å². The predicted octanol–water partition coefficient (Wildman–Crippen LogP) is 2.61. The molecular formula is C16H24FNO2. The van der Waals surface area contributed by atoms with Gasteiger partial charge in [-0.1, -0.05) is 25.1 Å². The lowest BCUT2D eigenvalue weighted by atomic mass is 9.95. The smallest absolute Gasteiger partial charge is 0.129 e. The zero-order valence-corrected chi connectivity index (χ0v) is 12.5. The van der Waals surface area contributed by atoms with Crippen molar-refractivity contribution in [2.75, 3.05) is 26.2 Å². The molecule has 1 heterocycles. The summed E-state index contributed by atoms with van der Waals surface area (Å²) in [7, 11) is 0. The second kappa shape index (κ2) is 6.20. The molecule has 0 saturated carbocycles. The van der Waals surface area contributed by atoms with E-state index in [2.05, 4.69) is 18.7 Å². The molecular weight excluding hydrogens is 257 g/mol. The summed E-state index contributed by atoms with van der Waals surface area (Å²) in [5, 5.41) is 10.3. The minimum atomic E-state index is -0.776. The maximum Gasteiger partial charge on any atom is 0.129 e. The summed E-state index contributed by atoms with van der Waals surface area (Å²) in [4.78, 5) is 2.28. The lowest BCUT2D eigenvalue weighted by Crippen LogP contribution is -2.49. The van der Waals surface area contributed by atoms with Crippen LogP contribution in [0.25, 0.3) is 0 Å². The Labute approximate surface area is 120 Å². The lowest BCUT2D eigenvalue weighted by Gasteiger charge is -2.39. The van der Waals surface area contributed by atoms with Gasteiger partial charge in [0, 0.05) is 25.2 Å². The molecule has 20 heavy (non-hydrogen) atoms. The predicted molar refractivity (Wildman–Crippen MR) is 77.0 cm³/mol. The summed E-state index contributed by atoms with van der Waals surface area (Å²) >= 11 is 0. The minimum absolute atomic E-state index is 0.0270. The summed E-state index contributed by atoms with van der Waals surface area (Å²) < 4.78 is 19.4. The molecule has 1 N–H and O–H groups in total. The number of ether oxygens (including phenoxy) is 1. The van der Waals surface area contributed by atoms with Gasteiger partial charge in [-0.15, -0.1) is 0 Å². The standard InChI is InChI=1S/C16H24FNO2/c1-12(10-18-8-9-20-16(2,3)11-18)15(19)13-6-4-5-7-14(13)17/h4-7,12,15,19H,8-11H2,1-3H3. The average molecular weight is 281 g/mol. The first-order chi connectivity index (χ1) is 9.39. The van der Waals surface area contributed by atoms with Crippen molar-refractivity contribution in [1.29, 1.82) is 0 Å². The molecule has 0 radical (unpaired) electrons. The number of aliphatic hydroxyl groups is 1. The van der Waals surface area contributed by atoms with Gasteiger partial charge in [0.2, 0.25) is 0 Å². The Morgan fingerprint density at radius 3 is 2.75 bits per heavy atom. The number of hydrogen-bond donors (Lipinski definition) is 1. The summed E-state index contributed by atoms with van der Waals surface area (Å²) in [5.74, 6) is -0.366. The van der Waals surface area contributed by atoms with E-state index in [0.717, 1.165) is 19.6 Å². The van der Waals surface area contributed by atoms with Crippen molar-refractivity contribution in [2.24, 2.45) is 5.92 Å². The second-order valence-corrected chi connectivity index (χ2v) is 6.29. The van der Waals surface area contributed by atoms with Crippen LogP contribution in [0.5, 0.6) is 0 Å². The minimum Gasteiger partial charge on any atom is -0.388 e. The number of hydrogen-bond acceptors (Lipinski definition) is 3. The van der Waals surface area contributed by atoms with Gasteiger partial charge in [0.15, 0.2) is 0 Å². The van der Waals surface area contributed by atoms with E-state index in [0.29, 0.717) is 12.2 Å².